The Bertz CT molecular complexity index is 1090. The first-order valence-electron chi connectivity index (χ1n) is 10.7. The van der Waals surface area contributed by atoms with Crippen LogP contribution in [0.25, 0.3) is 5.69 Å². The van der Waals surface area contributed by atoms with Crippen molar-refractivity contribution >= 4 is 5.91 Å². The molecule has 5 heteroatoms. The Morgan fingerprint density at radius 2 is 1.32 bits per heavy atom. The Hall–Kier alpha value is -3.73. The second kappa shape index (κ2) is 10.3. The van der Waals surface area contributed by atoms with Crippen molar-refractivity contribution in [1.29, 1.82) is 0 Å². The maximum Gasteiger partial charge on any atom is 0.290 e. The molecule has 1 heterocycles. The SMILES string of the molecule is O=C(NCCCc1ccccc1)c1nc(CCc2ccccc2)n(-c2ccccc2)n1. The number of nitrogens with zero attached hydrogens (tertiary/aromatic N) is 3. The van der Waals surface area contributed by atoms with E-state index in [4.69, 9.17) is 0 Å². The van der Waals surface area contributed by atoms with Crippen LogP contribution < -0.4 is 5.32 Å². The normalized spacial score (nSPS) is 10.7. The molecule has 4 aromatic rings. The van der Waals surface area contributed by atoms with Crippen molar-refractivity contribution in [1.82, 2.24) is 20.1 Å². The monoisotopic (exact) mass is 410 g/mol. The summed E-state index contributed by atoms with van der Waals surface area (Å²) in [5.41, 5.74) is 3.41. The van der Waals surface area contributed by atoms with Crippen molar-refractivity contribution in [2.45, 2.75) is 25.7 Å². The van der Waals surface area contributed by atoms with Gasteiger partial charge in [-0.3, -0.25) is 4.79 Å². The van der Waals surface area contributed by atoms with Crippen LogP contribution in [0.1, 0.15) is 34.0 Å². The van der Waals surface area contributed by atoms with Gasteiger partial charge < -0.3 is 5.32 Å². The molecule has 0 radical (unpaired) electrons. The van der Waals surface area contributed by atoms with E-state index in [1.807, 2.05) is 66.7 Å². The lowest BCUT2D eigenvalue weighted by molar-refractivity contribution is 0.0943. The molecule has 0 fully saturated rings. The van der Waals surface area contributed by atoms with Crippen molar-refractivity contribution in [2.75, 3.05) is 6.54 Å². The van der Waals surface area contributed by atoms with Gasteiger partial charge in [-0.15, -0.1) is 5.10 Å². The van der Waals surface area contributed by atoms with Crippen LogP contribution in [0, 0.1) is 0 Å². The van der Waals surface area contributed by atoms with Crippen molar-refractivity contribution in [3.05, 3.63) is 114 Å². The van der Waals surface area contributed by atoms with E-state index in [-0.39, 0.29) is 11.7 Å². The fourth-order valence-electron chi connectivity index (χ4n) is 3.50. The number of aromatic nitrogens is 3. The Morgan fingerprint density at radius 3 is 1.97 bits per heavy atom. The van der Waals surface area contributed by atoms with E-state index >= 15 is 0 Å². The minimum Gasteiger partial charge on any atom is -0.349 e. The number of para-hydroxylation sites is 1. The summed E-state index contributed by atoms with van der Waals surface area (Å²) in [4.78, 5) is 17.3. The number of amides is 1. The molecule has 0 saturated heterocycles. The largest absolute Gasteiger partial charge is 0.349 e. The summed E-state index contributed by atoms with van der Waals surface area (Å²) in [5.74, 6) is 0.764. The minimum absolute atomic E-state index is 0.214. The number of carbonyl (C=O) groups excluding carboxylic acids is 1. The molecular weight excluding hydrogens is 384 g/mol. The molecule has 1 amide bonds. The van der Waals surface area contributed by atoms with Crippen LogP contribution >= 0.6 is 0 Å². The molecule has 0 aliphatic carbocycles. The van der Waals surface area contributed by atoms with E-state index in [0.29, 0.717) is 13.0 Å². The maximum atomic E-state index is 12.7. The molecule has 156 valence electrons. The van der Waals surface area contributed by atoms with Crippen LogP contribution in [0.15, 0.2) is 91.0 Å². The molecule has 4 rings (SSSR count). The van der Waals surface area contributed by atoms with E-state index in [0.717, 1.165) is 30.8 Å². The summed E-state index contributed by atoms with van der Waals surface area (Å²) in [6.07, 6.45) is 3.34. The molecule has 5 nitrogen and oxygen atoms in total. The van der Waals surface area contributed by atoms with Crippen molar-refractivity contribution in [3.63, 3.8) is 0 Å². The third-order valence-corrected chi connectivity index (χ3v) is 5.13. The number of hydrogen-bond donors (Lipinski definition) is 1. The molecule has 31 heavy (non-hydrogen) atoms. The van der Waals surface area contributed by atoms with Gasteiger partial charge >= 0.3 is 0 Å². The lowest BCUT2D eigenvalue weighted by Gasteiger charge is -2.05. The number of hydrogen-bond acceptors (Lipinski definition) is 3. The number of carbonyl (C=O) groups is 1. The highest BCUT2D eigenvalue weighted by Crippen LogP contribution is 2.13. The van der Waals surface area contributed by atoms with Crippen LogP contribution in [-0.2, 0) is 19.3 Å². The van der Waals surface area contributed by atoms with Crippen LogP contribution in [0.5, 0.6) is 0 Å². The van der Waals surface area contributed by atoms with Crippen LogP contribution in [0.4, 0.5) is 0 Å². The average Bonchev–Trinajstić information content (AvgIpc) is 3.27. The fourth-order valence-corrected chi connectivity index (χ4v) is 3.50. The first kappa shape index (κ1) is 20.5. The Morgan fingerprint density at radius 1 is 0.742 bits per heavy atom. The lowest BCUT2D eigenvalue weighted by atomic mass is 10.1. The standard InChI is InChI=1S/C26H26N4O/c31-26(27-20-10-15-21-11-4-1-5-12-21)25-28-24(19-18-22-13-6-2-7-14-22)30(29-25)23-16-8-3-9-17-23/h1-9,11-14,16-17H,10,15,18-20H2,(H,27,31). The number of benzene rings is 3. The van der Waals surface area contributed by atoms with Gasteiger partial charge in [0.1, 0.15) is 5.82 Å². The van der Waals surface area contributed by atoms with Gasteiger partial charge in [0.2, 0.25) is 5.82 Å². The molecule has 1 N–H and O–H groups in total. The van der Waals surface area contributed by atoms with Gasteiger partial charge in [-0.25, -0.2) is 9.67 Å². The summed E-state index contributed by atoms with van der Waals surface area (Å²) in [6, 6.07) is 30.4. The predicted octanol–water partition coefficient (Wildman–Crippen LogP) is 4.42. The number of aryl methyl sites for hydroxylation is 3. The lowest BCUT2D eigenvalue weighted by Crippen LogP contribution is -2.26. The van der Waals surface area contributed by atoms with Gasteiger partial charge in [-0.1, -0.05) is 78.9 Å². The van der Waals surface area contributed by atoms with Gasteiger partial charge in [0, 0.05) is 13.0 Å². The maximum absolute atomic E-state index is 12.7. The summed E-state index contributed by atoms with van der Waals surface area (Å²) in [7, 11) is 0. The van der Waals surface area contributed by atoms with E-state index in [1.165, 1.54) is 11.1 Å². The smallest absolute Gasteiger partial charge is 0.290 e. The van der Waals surface area contributed by atoms with Gasteiger partial charge in [-0.05, 0) is 42.5 Å². The first-order valence-corrected chi connectivity index (χ1v) is 10.7. The molecule has 0 bridgehead atoms. The van der Waals surface area contributed by atoms with E-state index in [1.54, 1.807) is 4.68 Å². The molecule has 3 aromatic carbocycles. The zero-order valence-corrected chi connectivity index (χ0v) is 17.4. The minimum atomic E-state index is -0.233. The van der Waals surface area contributed by atoms with Gasteiger partial charge in [0.15, 0.2) is 0 Å². The quantitative estimate of drug-likeness (QED) is 0.416. The average molecular weight is 411 g/mol. The first-order chi connectivity index (χ1) is 15.3. The van der Waals surface area contributed by atoms with Crippen molar-refractivity contribution < 1.29 is 4.79 Å². The highest BCUT2D eigenvalue weighted by molar-refractivity contribution is 5.90. The molecule has 1 aromatic heterocycles. The van der Waals surface area contributed by atoms with Crippen LogP contribution in [-0.4, -0.2) is 27.2 Å². The van der Waals surface area contributed by atoms with Crippen molar-refractivity contribution in [3.8, 4) is 5.69 Å². The van der Waals surface area contributed by atoms with Crippen LogP contribution in [0.2, 0.25) is 0 Å². The molecule has 0 spiro atoms. The van der Waals surface area contributed by atoms with Crippen molar-refractivity contribution in [2.24, 2.45) is 0 Å². The zero-order valence-electron chi connectivity index (χ0n) is 17.4. The predicted molar refractivity (Wildman–Crippen MR) is 122 cm³/mol. The topological polar surface area (TPSA) is 59.8 Å². The highest BCUT2D eigenvalue weighted by Gasteiger charge is 2.17. The van der Waals surface area contributed by atoms with Crippen LogP contribution in [0.3, 0.4) is 0 Å². The number of nitrogens with one attached hydrogen (secondary N) is 1. The molecule has 0 atom stereocenters. The highest BCUT2D eigenvalue weighted by atomic mass is 16.2. The van der Waals surface area contributed by atoms with E-state index in [9.17, 15) is 4.79 Å². The van der Waals surface area contributed by atoms with E-state index in [2.05, 4.69) is 39.7 Å². The second-order valence-electron chi connectivity index (χ2n) is 7.43. The summed E-state index contributed by atoms with van der Waals surface area (Å²) < 4.78 is 1.78. The summed E-state index contributed by atoms with van der Waals surface area (Å²) >= 11 is 0. The summed E-state index contributed by atoms with van der Waals surface area (Å²) in [6.45, 7) is 0.590. The molecule has 0 unspecified atom stereocenters. The van der Waals surface area contributed by atoms with Gasteiger partial charge in [0.05, 0.1) is 5.69 Å². The molecule has 0 aliphatic rings. The van der Waals surface area contributed by atoms with Gasteiger partial charge in [-0.2, -0.15) is 0 Å². The van der Waals surface area contributed by atoms with Gasteiger partial charge in [0.25, 0.3) is 5.91 Å². The summed E-state index contributed by atoms with van der Waals surface area (Å²) in [5, 5.41) is 7.48. The van der Waals surface area contributed by atoms with E-state index < -0.39 is 0 Å². The Kier molecular flexibility index (Phi) is 6.85. The molecule has 0 saturated carbocycles. The fraction of sp³-hybridized carbons (Fsp3) is 0.192. The Balaban J connectivity index is 1.43. The second-order valence-corrected chi connectivity index (χ2v) is 7.43. The third kappa shape index (κ3) is 5.66. The zero-order chi connectivity index (χ0) is 21.3. The number of rotatable bonds is 9. The third-order valence-electron chi connectivity index (χ3n) is 5.13. The molecular formula is C26H26N4O. The molecule has 0 aliphatic heterocycles. The Labute approximate surface area is 182 Å².